The van der Waals surface area contributed by atoms with E-state index in [9.17, 15) is 14.7 Å². The van der Waals surface area contributed by atoms with Crippen molar-refractivity contribution in [1.82, 2.24) is 4.90 Å². The monoisotopic (exact) mass is 215 g/mol. The molecule has 1 heterocycles. The maximum atomic E-state index is 11.5. The Labute approximate surface area is 89.0 Å². The lowest BCUT2D eigenvalue weighted by molar-refractivity contribution is -0.145. The number of methoxy groups -OCH3 is 1. The van der Waals surface area contributed by atoms with E-state index < -0.39 is 6.10 Å². The van der Waals surface area contributed by atoms with Crippen LogP contribution in [-0.2, 0) is 14.3 Å². The van der Waals surface area contributed by atoms with Crippen LogP contribution >= 0.6 is 0 Å². The van der Waals surface area contributed by atoms with Gasteiger partial charge in [-0.1, -0.05) is 0 Å². The van der Waals surface area contributed by atoms with Crippen LogP contribution < -0.4 is 0 Å². The summed E-state index contributed by atoms with van der Waals surface area (Å²) < 4.78 is 4.75. The molecule has 0 aromatic carbocycles. The summed E-state index contributed by atoms with van der Waals surface area (Å²) in [5.41, 5.74) is 0. The van der Waals surface area contributed by atoms with Crippen LogP contribution in [0.15, 0.2) is 0 Å². The SMILES string of the molecule is COCC(O)CN1C(=O)CCCCC1=O. The van der Waals surface area contributed by atoms with Gasteiger partial charge >= 0.3 is 0 Å². The van der Waals surface area contributed by atoms with Crippen LogP contribution in [0.2, 0.25) is 0 Å². The minimum atomic E-state index is -0.791. The molecule has 1 atom stereocenters. The highest BCUT2D eigenvalue weighted by molar-refractivity contribution is 5.96. The lowest BCUT2D eigenvalue weighted by Crippen LogP contribution is -2.42. The second-order valence-electron chi connectivity index (χ2n) is 3.71. The van der Waals surface area contributed by atoms with E-state index in [0.29, 0.717) is 12.8 Å². The molecule has 0 aliphatic carbocycles. The molecule has 1 aliphatic rings. The summed E-state index contributed by atoms with van der Waals surface area (Å²) in [6.07, 6.45) is 1.50. The number of amides is 2. The topological polar surface area (TPSA) is 66.8 Å². The molecule has 1 fully saturated rings. The van der Waals surface area contributed by atoms with Gasteiger partial charge < -0.3 is 9.84 Å². The zero-order valence-electron chi connectivity index (χ0n) is 8.94. The Hall–Kier alpha value is -0.940. The first-order chi connectivity index (χ1) is 7.15. The number of carbonyl (C=O) groups is 2. The third-order valence-corrected chi connectivity index (χ3v) is 2.39. The second kappa shape index (κ2) is 5.82. The van der Waals surface area contributed by atoms with Gasteiger partial charge in [-0.05, 0) is 12.8 Å². The summed E-state index contributed by atoms with van der Waals surface area (Å²) >= 11 is 0. The fourth-order valence-electron chi connectivity index (χ4n) is 1.62. The fraction of sp³-hybridized carbons (Fsp3) is 0.800. The highest BCUT2D eigenvalue weighted by Gasteiger charge is 2.25. The number of ether oxygens (including phenoxy) is 1. The number of hydrogen-bond acceptors (Lipinski definition) is 4. The smallest absolute Gasteiger partial charge is 0.229 e. The molecule has 1 aliphatic heterocycles. The van der Waals surface area contributed by atoms with Crippen molar-refractivity contribution in [2.45, 2.75) is 31.8 Å². The van der Waals surface area contributed by atoms with Crippen LogP contribution in [0.1, 0.15) is 25.7 Å². The van der Waals surface area contributed by atoms with Crippen LogP contribution in [-0.4, -0.2) is 48.2 Å². The van der Waals surface area contributed by atoms with E-state index in [0.717, 1.165) is 17.7 Å². The van der Waals surface area contributed by atoms with Crippen molar-refractivity contribution in [2.75, 3.05) is 20.3 Å². The maximum absolute atomic E-state index is 11.5. The average Bonchev–Trinajstić information content (AvgIpc) is 2.33. The van der Waals surface area contributed by atoms with Gasteiger partial charge in [-0.3, -0.25) is 14.5 Å². The van der Waals surface area contributed by atoms with Crippen molar-refractivity contribution in [3.63, 3.8) is 0 Å². The van der Waals surface area contributed by atoms with Crippen molar-refractivity contribution in [3.05, 3.63) is 0 Å². The van der Waals surface area contributed by atoms with Crippen LogP contribution in [0.4, 0.5) is 0 Å². The number of β-amino-alcohol motifs (C(OH)–C–C–N with tert-alkyl or cyclic N) is 1. The molecule has 0 spiro atoms. The molecular formula is C10H17NO4. The van der Waals surface area contributed by atoms with Crippen molar-refractivity contribution >= 4 is 11.8 Å². The second-order valence-corrected chi connectivity index (χ2v) is 3.71. The van der Waals surface area contributed by atoms with Gasteiger partial charge in [0.15, 0.2) is 0 Å². The Morgan fingerprint density at radius 1 is 1.33 bits per heavy atom. The predicted molar refractivity (Wildman–Crippen MR) is 53.1 cm³/mol. The van der Waals surface area contributed by atoms with E-state index in [1.54, 1.807) is 0 Å². The minimum absolute atomic E-state index is 0.0471. The molecule has 0 aromatic heterocycles. The predicted octanol–water partition coefficient (Wildman–Crippen LogP) is -0.0771. The normalized spacial score (nSPS) is 20.3. The largest absolute Gasteiger partial charge is 0.389 e. The summed E-state index contributed by atoms with van der Waals surface area (Å²) in [6, 6.07) is 0. The molecule has 5 heteroatoms. The highest BCUT2D eigenvalue weighted by atomic mass is 16.5. The van der Waals surface area contributed by atoms with Crippen molar-refractivity contribution in [1.29, 1.82) is 0 Å². The van der Waals surface area contributed by atoms with Crippen molar-refractivity contribution < 1.29 is 19.4 Å². The molecule has 86 valence electrons. The molecule has 0 bridgehead atoms. The first-order valence-electron chi connectivity index (χ1n) is 5.15. The number of aliphatic hydroxyl groups excluding tert-OH is 1. The van der Waals surface area contributed by atoms with Crippen LogP contribution in [0.5, 0.6) is 0 Å². The number of hydrogen-bond donors (Lipinski definition) is 1. The van der Waals surface area contributed by atoms with Crippen LogP contribution in [0.25, 0.3) is 0 Å². The molecule has 0 aromatic rings. The lowest BCUT2D eigenvalue weighted by atomic mass is 10.2. The van der Waals surface area contributed by atoms with E-state index in [1.807, 2.05) is 0 Å². The van der Waals surface area contributed by atoms with Gasteiger partial charge in [-0.25, -0.2) is 0 Å². The van der Waals surface area contributed by atoms with E-state index in [4.69, 9.17) is 4.74 Å². The van der Waals surface area contributed by atoms with Gasteiger partial charge in [0.05, 0.1) is 19.3 Å². The molecule has 1 unspecified atom stereocenters. The molecule has 0 saturated carbocycles. The molecular weight excluding hydrogens is 198 g/mol. The Morgan fingerprint density at radius 3 is 2.33 bits per heavy atom. The van der Waals surface area contributed by atoms with E-state index in [2.05, 4.69) is 0 Å². The number of likely N-dealkylation sites (tertiary alicyclic amines) is 1. The van der Waals surface area contributed by atoms with E-state index in [1.165, 1.54) is 7.11 Å². The number of imide groups is 1. The quantitative estimate of drug-likeness (QED) is 0.666. The summed E-state index contributed by atoms with van der Waals surface area (Å²) in [4.78, 5) is 24.2. The standard InChI is InChI=1S/C10H17NO4/c1-15-7-8(12)6-11-9(13)4-2-3-5-10(11)14/h8,12H,2-7H2,1H3. The molecule has 1 N–H and O–H groups in total. The maximum Gasteiger partial charge on any atom is 0.229 e. The van der Waals surface area contributed by atoms with Gasteiger partial charge in [-0.15, -0.1) is 0 Å². The summed E-state index contributed by atoms with van der Waals surface area (Å²) in [7, 11) is 1.47. The molecule has 0 radical (unpaired) electrons. The molecule has 1 saturated heterocycles. The zero-order chi connectivity index (χ0) is 11.3. The number of carbonyl (C=O) groups excluding carboxylic acids is 2. The number of rotatable bonds is 4. The van der Waals surface area contributed by atoms with Gasteiger partial charge in [0.2, 0.25) is 11.8 Å². The third kappa shape index (κ3) is 3.60. The van der Waals surface area contributed by atoms with E-state index >= 15 is 0 Å². The lowest BCUT2D eigenvalue weighted by Gasteiger charge is -2.21. The molecule has 5 nitrogen and oxygen atoms in total. The fourth-order valence-corrected chi connectivity index (χ4v) is 1.62. The number of aliphatic hydroxyl groups is 1. The van der Waals surface area contributed by atoms with Gasteiger partial charge in [0, 0.05) is 20.0 Å². The first kappa shape index (κ1) is 12.1. The zero-order valence-corrected chi connectivity index (χ0v) is 8.94. The Morgan fingerprint density at radius 2 is 1.87 bits per heavy atom. The summed E-state index contributed by atoms with van der Waals surface area (Å²) in [5, 5.41) is 9.46. The van der Waals surface area contributed by atoms with Gasteiger partial charge in [-0.2, -0.15) is 0 Å². The van der Waals surface area contributed by atoms with Gasteiger partial charge in [0.1, 0.15) is 0 Å². The molecule has 15 heavy (non-hydrogen) atoms. The Kier molecular flexibility index (Phi) is 4.71. The third-order valence-electron chi connectivity index (χ3n) is 2.39. The first-order valence-corrected chi connectivity index (χ1v) is 5.15. The summed E-state index contributed by atoms with van der Waals surface area (Å²) in [5.74, 6) is -0.375. The number of nitrogens with zero attached hydrogens (tertiary/aromatic N) is 1. The average molecular weight is 215 g/mol. The Bertz CT molecular complexity index is 224. The summed E-state index contributed by atoms with van der Waals surface area (Å²) in [6.45, 7) is 0.183. The van der Waals surface area contributed by atoms with E-state index in [-0.39, 0.29) is 25.0 Å². The molecule has 1 rings (SSSR count). The molecule has 2 amide bonds. The minimum Gasteiger partial charge on any atom is -0.389 e. The highest BCUT2D eigenvalue weighted by Crippen LogP contribution is 2.12. The van der Waals surface area contributed by atoms with Crippen LogP contribution in [0, 0.1) is 0 Å². The van der Waals surface area contributed by atoms with Crippen molar-refractivity contribution in [3.8, 4) is 0 Å². The van der Waals surface area contributed by atoms with Gasteiger partial charge in [0.25, 0.3) is 0 Å². The van der Waals surface area contributed by atoms with Crippen molar-refractivity contribution in [2.24, 2.45) is 0 Å². The van der Waals surface area contributed by atoms with Crippen LogP contribution in [0.3, 0.4) is 0 Å². The Balaban J connectivity index is 2.55.